The number of nitrogens with zero attached hydrogens (tertiary/aromatic N) is 4. The minimum Gasteiger partial charge on any atom is -0.365 e. The predicted octanol–water partition coefficient (Wildman–Crippen LogP) is 2.57. The Morgan fingerprint density at radius 1 is 1.24 bits per heavy atom. The summed E-state index contributed by atoms with van der Waals surface area (Å²) in [6.07, 6.45) is 0.906. The van der Waals surface area contributed by atoms with Crippen LogP contribution in [0.25, 0.3) is 5.65 Å². The second-order valence-corrected chi connectivity index (χ2v) is 6.07. The third-order valence-corrected chi connectivity index (χ3v) is 4.07. The molecule has 7 nitrogen and oxygen atoms in total. The zero-order chi connectivity index (χ0) is 17.8. The highest BCUT2D eigenvalue weighted by Crippen LogP contribution is 2.11. The van der Waals surface area contributed by atoms with Crippen LogP contribution in [0.15, 0.2) is 36.4 Å². The molecule has 1 amide bonds. The van der Waals surface area contributed by atoms with E-state index in [1.165, 1.54) is 0 Å². The molecule has 0 aliphatic carbocycles. The molecule has 1 unspecified atom stereocenters. The van der Waals surface area contributed by atoms with Crippen LogP contribution in [-0.2, 0) is 6.54 Å². The summed E-state index contributed by atoms with van der Waals surface area (Å²) in [5, 5.41) is 18.7. The van der Waals surface area contributed by atoms with Crippen molar-refractivity contribution in [2.45, 2.75) is 39.8 Å². The Morgan fingerprint density at radius 3 is 2.88 bits per heavy atom. The molecule has 1 atom stereocenters. The molecule has 0 radical (unpaired) electrons. The zero-order valence-electron chi connectivity index (χ0n) is 14.7. The quantitative estimate of drug-likeness (QED) is 0.722. The van der Waals surface area contributed by atoms with Gasteiger partial charge in [-0.1, -0.05) is 19.1 Å². The lowest BCUT2D eigenvalue weighted by atomic mass is 10.1. The number of rotatable bonds is 6. The molecule has 0 aliphatic heterocycles. The number of carbonyl (C=O) groups is 1. The number of fused-ring (bicyclic) bond motifs is 1. The van der Waals surface area contributed by atoms with Gasteiger partial charge in [0.15, 0.2) is 11.5 Å². The maximum atomic E-state index is 12.2. The molecule has 2 N–H and O–H groups in total. The summed E-state index contributed by atoms with van der Waals surface area (Å²) < 4.78 is 1.69. The first-order chi connectivity index (χ1) is 12.1. The monoisotopic (exact) mass is 338 g/mol. The summed E-state index contributed by atoms with van der Waals surface area (Å²) in [6, 6.07) is 11.5. The van der Waals surface area contributed by atoms with Crippen LogP contribution < -0.4 is 10.6 Å². The molecule has 7 heteroatoms. The molecule has 2 aromatic heterocycles. The second-order valence-electron chi connectivity index (χ2n) is 6.07. The second kappa shape index (κ2) is 7.29. The van der Waals surface area contributed by atoms with Crippen molar-refractivity contribution >= 4 is 17.4 Å². The lowest BCUT2D eigenvalue weighted by Gasteiger charge is -2.12. The standard InChI is InChI=1S/C18H22N6O/c1-4-12(2)20-18(25)15-7-5-6-14(10-15)11-19-16-8-9-17-22-21-13(3)24(17)23-16/h5-10,12H,4,11H2,1-3H3,(H,19,23)(H,20,25). The van der Waals surface area contributed by atoms with Gasteiger partial charge in [0.05, 0.1) is 0 Å². The fourth-order valence-electron chi connectivity index (χ4n) is 2.41. The summed E-state index contributed by atoms with van der Waals surface area (Å²) in [6.45, 7) is 6.48. The van der Waals surface area contributed by atoms with Gasteiger partial charge in [0.1, 0.15) is 5.82 Å². The van der Waals surface area contributed by atoms with Crippen LogP contribution in [0.5, 0.6) is 0 Å². The molecule has 25 heavy (non-hydrogen) atoms. The van der Waals surface area contributed by atoms with Gasteiger partial charge in [0.2, 0.25) is 0 Å². The largest absolute Gasteiger partial charge is 0.365 e. The Bertz CT molecular complexity index is 888. The van der Waals surface area contributed by atoms with Gasteiger partial charge in [0, 0.05) is 18.2 Å². The summed E-state index contributed by atoms with van der Waals surface area (Å²) in [5.41, 5.74) is 2.39. The summed E-state index contributed by atoms with van der Waals surface area (Å²) in [4.78, 5) is 12.2. The number of nitrogens with one attached hydrogen (secondary N) is 2. The highest BCUT2D eigenvalue weighted by atomic mass is 16.1. The van der Waals surface area contributed by atoms with Gasteiger partial charge in [-0.3, -0.25) is 4.79 Å². The molecule has 130 valence electrons. The Balaban J connectivity index is 1.69. The Labute approximate surface area is 146 Å². The summed E-state index contributed by atoms with van der Waals surface area (Å²) >= 11 is 0. The fourth-order valence-corrected chi connectivity index (χ4v) is 2.41. The van der Waals surface area contributed by atoms with Crippen molar-refractivity contribution in [1.82, 2.24) is 25.1 Å². The molecular weight excluding hydrogens is 316 g/mol. The smallest absolute Gasteiger partial charge is 0.251 e. The van der Waals surface area contributed by atoms with E-state index in [-0.39, 0.29) is 11.9 Å². The van der Waals surface area contributed by atoms with E-state index in [4.69, 9.17) is 0 Å². The number of aromatic nitrogens is 4. The first-order valence-electron chi connectivity index (χ1n) is 8.39. The number of anilines is 1. The first kappa shape index (κ1) is 16.9. The number of hydrogen-bond acceptors (Lipinski definition) is 5. The molecule has 0 aliphatic rings. The average molecular weight is 338 g/mol. The van der Waals surface area contributed by atoms with Crippen LogP contribution >= 0.6 is 0 Å². The zero-order valence-corrected chi connectivity index (χ0v) is 14.7. The van der Waals surface area contributed by atoms with Crippen molar-refractivity contribution in [3.8, 4) is 0 Å². The van der Waals surface area contributed by atoms with Gasteiger partial charge in [-0.05, 0) is 50.1 Å². The van der Waals surface area contributed by atoms with E-state index in [1.807, 2.05) is 57.2 Å². The first-order valence-corrected chi connectivity index (χ1v) is 8.39. The molecule has 1 aromatic carbocycles. The minimum absolute atomic E-state index is 0.0455. The number of benzene rings is 1. The molecule has 0 bridgehead atoms. The maximum Gasteiger partial charge on any atom is 0.251 e. The molecule has 0 saturated heterocycles. The normalized spacial score (nSPS) is 12.1. The van der Waals surface area contributed by atoms with Crippen LogP contribution in [0.1, 0.15) is 42.0 Å². The van der Waals surface area contributed by atoms with Gasteiger partial charge in [-0.25, -0.2) is 0 Å². The average Bonchev–Trinajstić information content (AvgIpc) is 3.00. The van der Waals surface area contributed by atoms with Crippen molar-refractivity contribution in [3.05, 3.63) is 53.3 Å². The van der Waals surface area contributed by atoms with Crippen LogP contribution in [-0.4, -0.2) is 31.8 Å². The highest BCUT2D eigenvalue weighted by Gasteiger charge is 2.09. The van der Waals surface area contributed by atoms with E-state index in [0.29, 0.717) is 17.8 Å². The summed E-state index contributed by atoms with van der Waals surface area (Å²) in [7, 11) is 0. The van der Waals surface area contributed by atoms with E-state index in [2.05, 4.69) is 25.9 Å². The molecule has 0 fully saturated rings. The van der Waals surface area contributed by atoms with E-state index in [0.717, 1.165) is 23.6 Å². The Kier molecular flexibility index (Phi) is 4.92. The minimum atomic E-state index is -0.0455. The van der Waals surface area contributed by atoms with Crippen molar-refractivity contribution in [2.75, 3.05) is 5.32 Å². The molecule has 2 heterocycles. The van der Waals surface area contributed by atoms with Crippen molar-refractivity contribution < 1.29 is 4.79 Å². The van der Waals surface area contributed by atoms with Crippen molar-refractivity contribution in [3.63, 3.8) is 0 Å². The SMILES string of the molecule is CCC(C)NC(=O)c1cccc(CNc2ccc3nnc(C)n3n2)c1. The van der Waals surface area contributed by atoms with Gasteiger partial charge in [0.25, 0.3) is 5.91 Å². The van der Waals surface area contributed by atoms with Crippen LogP contribution in [0, 0.1) is 6.92 Å². The lowest BCUT2D eigenvalue weighted by Crippen LogP contribution is -2.31. The Hall–Kier alpha value is -2.96. The van der Waals surface area contributed by atoms with Gasteiger partial charge in [-0.2, -0.15) is 4.52 Å². The molecule has 0 saturated carbocycles. The maximum absolute atomic E-state index is 12.2. The summed E-state index contributed by atoms with van der Waals surface area (Å²) in [5.74, 6) is 1.42. The topological polar surface area (TPSA) is 84.2 Å². The van der Waals surface area contributed by atoms with Crippen molar-refractivity contribution in [1.29, 1.82) is 0 Å². The number of carbonyl (C=O) groups excluding carboxylic acids is 1. The van der Waals surface area contributed by atoms with Crippen molar-refractivity contribution in [2.24, 2.45) is 0 Å². The highest BCUT2D eigenvalue weighted by molar-refractivity contribution is 5.94. The van der Waals surface area contributed by atoms with Gasteiger partial charge < -0.3 is 10.6 Å². The van der Waals surface area contributed by atoms with Crippen LogP contribution in [0.3, 0.4) is 0 Å². The number of hydrogen-bond donors (Lipinski definition) is 2. The van der Waals surface area contributed by atoms with Crippen LogP contribution in [0.2, 0.25) is 0 Å². The predicted molar refractivity (Wildman–Crippen MR) is 96.5 cm³/mol. The molecule has 3 aromatic rings. The van der Waals surface area contributed by atoms with Gasteiger partial charge >= 0.3 is 0 Å². The van der Waals surface area contributed by atoms with E-state index in [9.17, 15) is 4.79 Å². The third-order valence-electron chi connectivity index (χ3n) is 4.07. The van der Waals surface area contributed by atoms with E-state index >= 15 is 0 Å². The fraction of sp³-hybridized carbons (Fsp3) is 0.333. The Morgan fingerprint density at radius 2 is 2.08 bits per heavy atom. The number of aryl methyl sites for hydroxylation is 1. The molecule has 0 spiro atoms. The van der Waals surface area contributed by atoms with Crippen LogP contribution in [0.4, 0.5) is 5.82 Å². The lowest BCUT2D eigenvalue weighted by molar-refractivity contribution is 0.0939. The number of amides is 1. The third kappa shape index (κ3) is 3.93. The molecular formula is C18H22N6O. The molecule has 3 rings (SSSR count). The van der Waals surface area contributed by atoms with E-state index < -0.39 is 0 Å². The van der Waals surface area contributed by atoms with Gasteiger partial charge in [-0.15, -0.1) is 15.3 Å². The van der Waals surface area contributed by atoms with E-state index in [1.54, 1.807) is 4.52 Å².